The van der Waals surface area contributed by atoms with Gasteiger partial charge < -0.3 is 30.0 Å². The first kappa shape index (κ1) is 82.6. The average molecular weight is 1570 g/mol. The van der Waals surface area contributed by atoms with Crippen LogP contribution in [0.25, 0.3) is 44.1 Å². The molecular formula is C89H78F3N11O13. The summed E-state index contributed by atoms with van der Waals surface area (Å²) in [7, 11) is 0. The van der Waals surface area contributed by atoms with Crippen LogP contribution in [0.2, 0.25) is 0 Å². The summed E-state index contributed by atoms with van der Waals surface area (Å²) in [4.78, 5) is 114. The van der Waals surface area contributed by atoms with Gasteiger partial charge in [0.1, 0.15) is 62.2 Å². The molecule has 2 fully saturated rings. The largest absolute Gasteiger partial charge is 0.480 e. The van der Waals surface area contributed by atoms with Gasteiger partial charge >= 0.3 is 5.97 Å². The van der Waals surface area contributed by atoms with E-state index in [1.54, 1.807) is 61.2 Å². The maximum Gasteiger partial charge on any atom is 0.317 e. The number of fused-ring (bicyclic) bond motifs is 4. The second-order valence-corrected chi connectivity index (χ2v) is 27.9. The fraction of sp³-hybridized carbons (Fsp3) is 0.191. The number of ketones is 3. The number of nitrogens with zero attached hydrogens (tertiary/aromatic N) is 9. The molecule has 0 radical (unpaired) electrons. The van der Waals surface area contributed by atoms with Crippen molar-refractivity contribution in [1.29, 1.82) is 0 Å². The molecule has 0 aliphatic heterocycles. The molecule has 24 nitrogen and oxygen atoms in total. The van der Waals surface area contributed by atoms with E-state index in [0.29, 0.717) is 82.2 Å². The molecule has 116 heavy (non-hydrogen) atoms. The molecule has 16 rings (SSSR count). The van der Waals surface area contributed by atoms with Crippen LogP contribution in [0.4, 0.5) is 30.2 Å². The fourth-order valence-electron chi connectivity index (χ4n) is 11.9. The van der Waals surface area contributed by atoms with Gasteiger partial charge in [0, 0.05) is 121 Å². The first-order valence-electron chi connectivity index (χ1n) is 36.5. The number of carbonyl (C=O) groups is 4. The van der Waals surface area contributed by atoms with E-state index in [2.05, 4.69) is 39.9 Å². The molecule has 0 unspecified atom stereocenters. The third-order valence-electron chi connectivity index (χ3n) is 19.5. The van der Waals surface area contributed by atoms with Gasteiger partial charge in [0.2, 0.25) is 5.43 Å². The number of aromatic amines is 1. The molecule has 14 aromatic rings. The van der Waals surface area contributed by atoms with Crippen LogP contribution < -0.4 is 25.4 Å². The summed E-state index contributed by atoms with van der Waals surface area (Å²) in [5, 5.41) is 29.6. The SMILES string of the molecule is Cc1cc2[nH]ccc(=O)c2nc1C.Cc1cc2nccc(Oc3ccc(CC(=O)C4(C(=O)Cc5ccc(F)cc5)CC4)cc3)c2nc1C.Cc1cc2nccc(Oc3ccc(N)cc3)c2nc1C.Cc1cc2nccc(Oc3ccc([N+](=O)[O-])cc3)c2nc1C.O=C(O)C1(C(=O)Cc2ccc(F)cc2)CC1.O=[N+]([O-])c1ccc(F)cc1. The number of carboxylic acids is 1. The molecule has 2 aliphatic carbocycles. The van der Waals surface area contributed by atoms with Gasteiger partial charge in [-0.2, -0.15) is 0 Å². The molecule has 8 aromatic heterocycles. The summed E-state index contributed by atoms with van der Waals surface area (Å²) in [6.45, 7) is 15.7. The highest BCUT2D eigenvalue weighted by molar-refractivity contribution is 6.11. The number of ether oxygens (including phenoxy) is 3. The van der Waals surface area contributed by atoms with Crippen molar-refractivity contribution in [3.05, 3.63) is 329 Å². The number of aryl methyl sites for hydroxylation is 8. The number of aliphatic carboxylic acids is 1. The van der Waals surface area contributed by atoms with Crippen molar-refractivity contribution in [2.45, 2.75) is 100 Å². The molecule has 4 N–H and O–H groups in total. The van der Waals surface area contributed by atoms with Gasteiger partial charge in [-0.25, -0.2) is 33.1 Å². The highest BCUT2D eigenvalue weighted by Gasteiger charge is 2.56. The number of benzene rings is 6. The maximum atomic E-state index is 13.1. The van der Waals surface area contributed by atoms with Gasteiger partial charge in [-0.3, -0.25) is 59.2 Å². The van der Waals surface area contributed by atoms with Crippen molar-refractivity contribution in [1.82, 2.24) is 39.9 Å². The zero-order valence-electron chi connectivity index (χ0n) is 64.3. The Labute approximate surface area is 662 Å². The highest BCUT2D eigenvalue weighted by atomic mass is 19.1. The van der Waals surface area contributed by atoms with Crippen molar-refractivity contribution in [3.8, 4) is 34.5 Å². The molecule has 0 atom stereocenters. The van der Waals surface area contributed by atoms with Crippen LogP contribution in [-0.2, 0) is 38.4 Å². The van der Waals surface area contributed by atoms with Crippen molar-refractivity contribution in [2.75, 3.05) is 5.73 Å². The Hall–Kier alpha value is -14.4. The number of carbonyl (C=O) groups excluding carboxylic acids is 3. The number of nitro groups is 2. The molecule has 0 saturated heterocycles. The summed E-state index contributed by atoms with van der Waals surface area (Å²) in [5.74, 6) is 1.10. The van der Waals surface area contributed by atoms with Gasteiger partial charge in [-0.15, -0.1) is 0 Å². The third kappa shape index (κ3) is 20.8. The van der Waals surface area contributed by atoms with E-state index in [4.69, 9.17) is 25.1 Å². The molecule has 8 heterocycles. The van der Waals surface area contributed by atoms with Crippen molar-refractivity contribution in [3.63, 3.8) is 0 Å². The lowest BCUT2D eigenvalue weighted by Gasteiger charge is -2.14. The Balaban J connectivity index is 0.000000143. The van der Waals surface area contributed by atoms with Crippen LogP contribution in [0.1, 0.15) is 87.4 Å². The van der Waals surface area contributed by atoms with Gasteiger partial charge in [-0.05, 0) is 229 Å². The van der Waals surface area contributed by atoms with E-state index in [1.807, 2.05) is 134 Å². The third-order valence-corrected chi connectivity index (χ3v) is 19.5. The average Bonchev–Trinajstić information content (AvgIpc) is 1.61. The Morgan fingerprint density at radius 1 is 0.431 bits per heavy atom. The summed E-state index contributed by atoms with van der Waals surface area (Å²) in [6.07, 6.45) is 9.10. The number of nitro benzene ring substituents is 2. The standard InChI is InChI=1S/C29H25FN2O3.C16H13N3O3.C16H15N3O.C12H11FO3.C10H10N2O.C6H4FNO2/c1-18-15-24-28(32-19(18)2)25(11-14-31-24)35-23-9-5-21(6-10-23)17-27(34)29(12-13-29)26(33)16-20-3-7-22(30)8-4-20;1-10-9-14-16(18-11(10)2)15(7-8-17-14)22-13-5-3-12(4-6-13)19(20)21;1-10-9-14-16(19-11(10)2)15(7-8-18-14)20-13-5-3-12(17)4-6-13;13-9-3-1-8(2-4-9)7-10(14)12(5-6-12)11(15)16;1-6-5-8-10(12-7(6)2)9(13)3-4-11-8;7-5-1-3-6(4-2-5)8(9)10/h3-11,14-15H,12-13,16-17H2,1-2H3;3-9H,1-2H3;3-9H,17H2,1-2H3;1-4H,5-7H2,(H,15,16);3-5H,1-2H3,(H,11,13);1-4H. The number of halogens is 3. The fourth-order valence-corrected chi connectivity index (χ4v) is 11.9. The predicted molar refractivity (Wildman–Crippen MR) is 432 cm³/mol. The van der Waals surface area contributed by atoms with Crippen LogP contribution in [0.5, 0.6) is 34.5 Å². The zero-order valence-corrected chi connectivity index (χ0v) is 64.3. The lowest BCUT2D eigenvalue weighted by Crippen LogP contribution is -2.28. The lowest BCUT2D eigenvalue weighted by molar-refractivity contribution is -0.385. The van der Waals surface area contributed by atoms with Gasteiger partial charge in [0.25, 0.3) is 11.4 Å². The van der Waals surface area contributed by atoms with Crippen LogP contribution in [0, 0.1) is 104 Å². The molecule has 588 valence electrons. The number of nitrogen functional groups attached to an aromatic ring is 1. The number of aromatic nitrogens is 8. The van der Waals surface area contributed by atoms with E-state index in [1.165, 1.54) is 54.6 Å². The van der Waals surface area contributed by atoms with Gasteiger partial charge in [0.15, 0.2) is 34.6 Å². The topological polar surface area (TPSA) is 352 Å². The van der Waals surface area contributed by atoms with Gasteiger partial charge in [0.05, 0.1) is 37.3 Å². The molecule has 6 aromatic carbocycles. The van der Waals surface area contributed by atoms with Crippen LogP contribution in [0.3, 0.4) is 0 Å². The predicted octanol–water partition coefficient (Wildman–Crippen LogP) is 18.5. The van der Waals surface area contributed by atoms with Crippen molar-refractivity contribution >= 4 is 84.5 Å². The second kappa shape index (κ2) is 36.4. The minimum atomic E-state index is -1.16. The Morgan fingerprint density at radius 2 is 0.733 bits per heavy atom. The first-order chi connectivity index (χ1) is 55.4. The first-order valence-corrected chi connectivity index (χ1v) is 36.5. The van der Waals surface area contributed by atoms with E-state index in [0.717, 1.165) is 114 Å². The summed E-state index contributed by atoms with van der Waals surface area (Å²) in [6, 6.07) is 51.0. The second-order valence-electron chi connectivity index (χ2n) is 27.9. The number of Topliss-reactive ketones (excluding diaryl/α,β-unsaturated/α-hetero) is 3. The Morgan fingerprint density at radius 3 is 1.08 bits per heavy atom. The number of hydrogen-bond donors (Lipinski definition) is 3. The summed E-state index contributed by atoms with van der Waals surface area (Å²) < 4.78 is 55.6. The zero-order chi connectivity index (χ0) is 83.1. The molecule has 0 spiro atoms. The molecular weight excluding hydrogens is 1490 g/mol. The van der Waals surface area contributed by atoms with E-state index < -0.39 is 32.5 Å². The Bertz CT molecular complexity index is 6070. The number of pyridine rings is 8. The number of hydrogen-bond acceptors (Lipinski definition) is 20. The minimum Gasteiger partial charge on any atom is -0.480 e. The molecule has 0 amide bonds. The number of nitrogens with one attached hydrogen (secondary N) is 1. The van der Waals surface area contributed by atoms with Crippen molar-refractivity contribution < 1.29 is 61.5 Å². The minimum absolute atomic E-state index is 0.0246. The molecule has 2 aliphatic rings. The monoisotopic (exact) mass is 1570 g/mol. The number of nitrogens with two attached hydrogens (primary N) is 1. The van der Waals surface area contributed by atoms with Crippen LogP contribution in [0.15, 0.2) is 224 Å². The maximum absolute atomic E-state index is 13.1. The van der Waals surface area contributed by atoms with Gasteiger partial charge in [-0.1, -0.05) is 36.4 Å². The normalized spacial score (nSPS) is 12.4. The number of H-pyrrole nitrogens is 1. The smallest absolute Gasteiger partial charge is 0.317 e. The number of rotatable bonds is 18. The van der Waals surface area contributed by atoms with Crippen molar-refractivity contribution in [2.24, 2.45) is 10.8 Å². The molecule has 0 bridgehead atoms. The summed E-state index contributed by atoms with van der Waals surface area (Å²) >= 11 is 0. The quantitative estimate of drug-likeness (QED) is 0.0311. The van der Waals surface area contributed by atoms with E-state index in [-0.39, 0.29) is 65.1 Å². The Kier molecular flexibility index (Phi) is 25.9. The van der Waals surface area contributed by atoms with E-state index in [9.17, 15) is 57.4 Å². The van der Waals surface area contributed by atoms with E-state index >= 15 is 0 Å². The summed E-state index contributed by atoms with van der Waals surface area (Å²) in [5.41, 5.74) is 20.3. The number of non-ortho nitro benzene ring substituents is 2. The molecule has 27 heteroatoms. The lowest BCUT2D eigenvalue weighted by atomic mass is 9.88. The number of anilines is 1. The highest BCUT2D eigenvalue weighted by Crippen LogP contribution is 2.49. The van der Waals surface area contributed by atoms with Crippen LogP contribution >= 0.6 is 0 Å². The molecule has 2 saturated carbocycles. The van der Waals surface area contributed by atoms with Crippen LogP contribution in [-0.4, -0.2) is 78.1 Å². The number of carboxylic acid groups (broad SMARTS) is 1.